The van der Waals surface area contributed by atoms with Gasteiger partial charge < -0.3 is 5.32 Å². The second-order valence-electron chi connectivity index (χ2n) is 5.00. The molecule has 21 heavy (non-hydrogen) atoms. The maximum absolute atomic E-state index is 4.38. The summed E-state index contributed by atoms with van der Waals surface area (Å²) in [6, 6.07) is 6.41. The van der Waals surface area contributed by atoms with Crippen LogP contribution in [0.1, 0.15) is 23.7 Å². The predicted molar refractivity (Wildman–Crippen MR) is 88.6 cm³/mol. The number of nitrogens with one attached hydrogen (secondary N) is 1. The molecule has 3 aromatic rings. The van der Waals surface area contributed by atoms with Crippen molar-refractivity contribution < 1.29 is 0 Å². The molecule has 4 nitrogen and oxygen atoms in total. The van der Waals surface area contributed by atoms with Gasteiger partial charge in [-0.1, -0.05) is 25.1 Å². The highest BCUT2D eigenvalue weighted by molar-refractivity contribution is 9.10. The Labute approximate surface area is 132 Å². The molecule has 0 saturated carbocycles. The lowest BCUT2D eigenvalue weighted by atomic mass is 10.1. The van der Waals surface area contributed by atoms with E-state index in [1.807, 2.05) is 16.8 Å². The summed E-state index contributed by atoms with van der Waals surface area (Å²) < 4.78 is 2.85. The normalized spacial score (nSPS) is 11.0. The highest BCUT2D eigenvalue weighted by atomic mass is 79.9. The topological polar surface area (TPSA) is 42.2 Å². The van der Waals surface area contributed by atoms with Crippen molar-refractivity contribution in [2.75, 3.05) is 5.32 Å². The Morgan fingerprint density at radius 2 is 2.10 bits per heavy atom. The molecule has 0 aliphatic heterocycles. The monoisotopic (exact) mass is 344 g/mol. The number of nitrogens with zero attached hydrogens (tertiary/aromatic N) is 3. The molecule has 1 N–H and O–H groups in total. The molecule has 0 amide bonds. The summed E-state index contributed by atoms with van der Waals surface area (Å²) in [5.74, 6) is 0. The molecule has 0 fully saturated rings. The van der Waals surface area contributed by atoms with Gasteiger partial charge in [-0.2, -0.15) is 0 Å². The molecule has 2 heterocycles. The minimum absolute atomic E-state index is 0.732. The summed E-state index contributed by atoms with van der Waals surface area (Å²) in [4.78, 5) is 8.57. The molecule has 5 heteroatoms. The number of halogens is 1. The van der Waals surface area contributed by atoms with Gasteiger partial charge in [0.05, 0.1) is 24.6 Å². The first-order valence-corrected chi connectivity index (χ1v) is 7.78. The molecule has 2 aromatic heterocycles. The molecular formula is C16H17BrN4. The van der Waals surface area contributed by atoms with Crippen molar-refractivity contribution in [1.29, 1.82) is 0 Å². The minimum atomic E-state index is 0.732. The van der Waals surface area contributed by atoms with Gasteiger partial charge in [0.15, 0.2) is 5.65 Å². The van der Waals surface area contributed by atoms with Gasteiger partial charge in [-0.25, -0.2) is 9.97 Å². The van der Waals surface area contributed by atoms with Crippen LogP contribution in [0.15, 0.2) is 41.4 Å². The second kappa shape index (κ2) is 5.85. The maximum Gasteiger partial charge on any atom is 0.155 e. The van der Waals surface area contributed by atoms with Gasteiger partial charge in [-0.15, -0.1) is 0 Å². The van der Waals surface area contributed by atoms with Crippen LogP contribution in [-0.4, -0.2) is 14.4 Å². The number of para-hydroxylation sites is 1. The fourth-order valence-corrected chi connectivity index (χ4v) is 2.81. The summed E-state index contributed by atoms with van der Waals surface area (Å²) in [5.41, 5.74) is 5.80. The largest absolute Gasteiger partial charge is 0.379 e. The number of imidazole rings is 1. The first-order chi connectivity index (χ1) is 10.2. The van der Waals surface area contributed by atoms with Gasteiger partial charge in [0.2, 0.25) is 0 Å². The zero-order chi connectivity index (χ0) is 14.8. The van der Waals surface area contributed by atoms with Crippen molar-refractivity contribution in [2.24, 2.45) is 0 Å². The minimum Gasteiger partial charge on any atom is -0.379 e. The van der Waals surface area contributed by atoms with Gasteiger partial charge >= 0.3 is 0 Å². The number of benzene rings is 1. The van der Waals surface area contributed by atoms with E-state index in [9.17, 15) is 0 Å². The van der Waals surface area contributed by atoms with Crippen LogP contribution in [0, 0.1) is 6.92 Å². The number of fused-ring (bicyclic) bond motifs is 1. The first kappa shape index (κ1) is 14.1. The van der Waals surface area contributed by atoms with Crippen LogP contribution in [-0.2, 0) is 13.0 Å². The molecule has 0 atom stereocenters. The van der Waals surface area contributed by atoms with Gasteiger partial charge in [0.1, 0.15) is 4.60 Å². The zero-order valence-electron chi connectivity index (χ0n) is 12.1. The van der Waals surface area contributed by atoms with E-state index in [4.69, 9.17) is 0 Å². The summed E-state index contributed by atoms with van der Waals surface area (Å²) >= 11 is 3.40. The molecule has 0 spiro atoms. The van der Waals surface area contributed by atoms with Crippen molar-refractivity contribution in [3.63, 3.8) is 0 Å². The third kappa shape index (κ3) is 2.78. The molecular weight excluding hydrogens is 328 g/mol. The first-order valence-electron chi connectivity index (χ1n) is 6.99. The van der Waals surface area contributed by atoms with E-state index < -0.39 is 0 Å². The van der Waals surface area contributed by atoms with Crippen molar-refractivity contribution in [2.45, 2.75) is 26.8 Å². The quantitative estimate of drug-likeness (QED) is 0.778. The number of rotatable bonds is 4. The molecule has 0 radical (unpaired) electrons. The van der Waals surface area contributed by atoms with Gasteiger partial charge in [-0.3, -0.25) is 4.40 Å². The second-order valence-corrected chi connectivity index (χ2v) is 5.82. The van der Waals surface area contributed by atoms with Crippen LogP contribution in [0.3, 0.4) is 0 Å². The fourth-order valence-electron chi connectivity index (χ4n) is 2.50. The maximum atomic E-state index is 4.38. The highest BCUT2D eigenvalue weighted by Crippen LogP contribution is 2.22. The summed E-state index contributed by atoms with van der Waals surface area (Å²) in [6.07, 6.45) is 6.61. The smallest absolute Gasteiger partial charge is 0.155 e. The lowest BCUT2D eigenvalue weighted by molar-refractivity contribution is 0.975. The number of aryl methyl sites for hydroxylation is 2. The zero-order valence-corrected chi connectivity index (χ0v) is 13.7. The molecule has 0 saturated heterocycles. The Hall–Kier alpha value is -1.88. The van der Waals surface area contributed by atoms with Crippen LogP contribution < -0.4 is 5.32 Å². The lowest BCUT2D eigenvalue weighted by Crippen LogP contribution is -2.06. The van der Waals surface area contributed by atoms with E-state index in [1.165, 1.54) is 16.8 Å². The summed E-state index contributed by atoms with van der Waals surface area (Å²) in [7, 11) is 0. The Morgan fingerprint density at radius 1 is 1.24 bits per heavy atom. The Kier molecular flexibility index (Phi) is 3.92. The van der Waals surface area contributed by atoms with Gasteiger partial charge in [0, 0.05) is 11.9 Å². The molecule has 108 valence electrons. The molecule has 0 bridgehead atoms. The molecule has 0 unspecified atom stereocenters. The van der Waals surface area contributed by atoms with E-state index in [0.717, 1.165) is 28.9 Å². The average molecular weight is 345 g/mol. The van der Waals surface area contributed by atoms with E-state index in [-0.39, 0.29) is 0 Å². The number of aromatic nitrogens is 3. The molecule has 0 aliphatic carbocycles. The van der Waals surface area contributed by atoms with Crippen molar-refractivity contribution in [3.05, 3.63) is 58.2 Å². The van der Waals surface area contributed by atoms with Gasteiger partial charge in [0.25, 0.3) is 0 Å². The Morgan fingerprint density at radius 3 is 2.90 bits per heavy atom. The predicted octanol–water partition coefficient (Wildman–Crippen LogP) is 3.97. The SMILES string of the molecule is CCc1cccc(C)c1NCc1cnc2cnc(Br)cn12. The lowest BCUT2D eigenvalue weighted by Gasteiger charge is -2.13. The van der Waals surface area contributed by atoms with Crippen LogP contribution in [0.5, 0.6) is 0 Å². The third-order valence-electron chi connectivity index (χ3n) is 3.63. The number of anilines is 1. The Balaban J connectivity index is 1.89. The summed E-state index contributed by atoms with van der Waals surface area (Å²) in [6.45, 7) is 5.04. The van der Waals surface area contributed by atoms with Crippen molar-refractivity contribution in [3.8, 4) is 0 Å². The highest BCUT2D eigenvalue weighted by Gasteiger charge is 2.07. The van der Waals surface area contributed by atoms with E-state index in [0.29, 0.717) is 0 Å². The van der Waals surface area contributed by atoms with E-state index in [1.54, 1.807) is 6.20 Å². The number of hydrogen-bond acceptors (Lipinski definition) is 3. The number of hydrogen-bond donors (Lipinski definition) is 1. The standard InChI is InChI=1S/C16H17BrN4/c1-3-12-6-4-5-11(2)16(12)20-8-13-7-19-15-9-18-14(17)10-21(13)15/h4-7,9-10,20H,3,8H2,1-2H3. The van der Waals surface area contributed by atoms with Crippen LogP contribution in [0.25, 0.3) is 5.65 Å². The van der Waals surface area contributed by atoms with E-state index in [2.05, 4.69) is 63.3 Å². The van der Waals surface area contributed by atoms with Crippen molar-refractivity contribution >= 4 is 27.3 Å². The van der Waals surface area contributed by atoms with Crippen LogP contribution in [0.4, 0.5) is 5.69 Å². The Bertz CT molecular complexity index is 779. The molecule has 1 aromatic carbocycles. The van der Waals surface area contributed by atoms with Gasteiger partial charge in [-0.05, 0) is 40.4 Å². The molecule has 0 aliphatic rings. The van der Waals surface area contributed by atoms with Crippen LogP contribution in [0.2, 0.25) is 0 Å². The third-order valence-corrected chi connectivity index (χ3v) is 4.04. The summed E-state index contributed by atoms with van der Waals surface area (Å²) in [5, 5.41) is 3.55. The fraction of sp³-hybridized carbons (Fsp3) is 0.250. The molecule has 3 rings (SSSR count). The van der Waals surface area contributed by atoms with E-state index >= 15 is 0 Å². The average Bonchev–Trinajstić information content (AvgIpc) is 2.88. The van der Waals surface area contributed by atoms with Crippen LogP contribution >= 0.6 is 15.9 Å². The van der Waals surface area contributed by atoms with Crippen molar-refractivity contribution in [1.82, 2.24) is 14.4 Å².